The summed E-state index contributed by atoms with van der Waals surface area (Å²) in [5, 5.41) is 17.3. The number of carbonyl (C=O) groups excluding carboxylic acids is 1. The highest BCUT2D eigenvalue weighted by atomic mass is 16.6. The lowest BCUT2D eigenvalue weighted by molar-refractivity contribution is 0.00821. The lowest BCUT2D eigenvalue weighted by Gasteiger charge is -2.19. The zero-order valence-corrected chi connectivity index (χ0v) is 7.22. The monoisotopic (exact) mass is 187 g/mol. The second-order valence-electron chi connectivity index (χ2n) is 2.75. The third-order valence-corrected chi connectivity index (χ3v) is 1.75. The van der Waals surface area contributed by atoms with Crippen molar-refractivity contribution in [3.8, 4) is 0 Å². The zero-order chi connectivity index (χ0) is 9.68. The van der Waals surface area contributed by atoms with Crippen molar-refractivity contribution in [1.29, 1.82) is 0 Å². The van der Waals surface area contributed by atoms with Gasteiger partial charge in [0.1, 0.15) is 6.10 Å². The summed E-state index contributed by atoms with van der Waals surface area (Å²) in [6.07, 6.45) is 2.40. The van der Waals surface area contributed by atoms with Gasteiger partial charge in [-0.05, 0) is 0 Å². The molecule has 0 aromatic carbocycles. The van der Waals surface area contributed by atoms with Crippen molar-refractivity contribution < 1.29 is 19.7 Å². The topological polar surface area (TPSA) is 70.0 Å². The van der Waals surface area contributed by atoms with Crippen LogP contribution in [0.5, 0.6) is 0 Å². The molecule has 5 nitrogen and oxygen atoms in total. The predicted molar refractivity (Wildman–Crippen MR) is 45.2 cm³/mol. The van der Waals surface area contributed by atoms with Gasteiger partial charge in [0.2, 0.25) is 0 Å². The molecule has 0 aromatic heterocycles. The number of carbonyl (C=O) groups is 1. The number of rotatable bonds is 3. The Kier molecular flexibility index (Phi) is 3.72. The van der Waals surface area contributed by atoms with Gasteiger partial charge in [-0.15, -0.1) is 0 Å². The van der Waals surface area contributed by atoms with Gasteiger partial charge in [-0.2, -0.15) is 0 Å². The summed E-state index contributed by atoms with van der Waals surface area (Å²) in [6, 6.07) is 0. The highest BCUT2D eigenvalue weighted by molar-refractivity contribution is 5.68. The molecule has 1 rings (SSSR count). The van der Waals surface area contributed by atoms with E-state index in [1.807, 2.05) is 12.2 Å². The summed E-state index contributed by atoms with van der Waals surface area (Å²) < 4.78 is 4.78. The number of ether oxygens (including phenoxy) is 1. The Bertz CT molecular complexity index is 192. The highest BCUT2D eigenvalue weighted by Crippen LogP contribution is 2.03. The lowest BCUT2D eigenvalue weighted by atomic mass is 10.4. The van der Waals surface area contributed by atoms with Gasteiger partial charge >= 0.3 is 6.09 Å². The van der Waals surface area contributed by atoms with Crippen molar-refractivity contribution in [3.63, 3.8) is 0 Å². The summed E-state index contributed by atoms with van der Waals surface area (Å²) >= 11 is 0. The summed E-state index contributed by atoms with van der Waals surface area (Å²) in [4.78, 5) is 12.7. The van der Waals surface area contributed by atoms with Crippen LogP contribution in [0.4, 0.5) is 4.79 Å². The van der Waals surface area contributed by atoms with Gasteiger partial charge in [0, 0.05) is 13.1 Å². The summed E-state index contributed by atoms with van der Waals surface area (Å²) in [5.41, 5.74) is 0. The summed E-state index contributed by atoms with van der Waals surface area (Å²) in [6.45, 7) is 0.345. The van der Waals surface area contributed by atoms with E-state index in [1.165, 1.54) is 4.90 Å². The Hall–Kier alpha value is -1.07. The third kappa shape index (κ3) is 2.71. The molecule has 0 saturated carbocycles. The highest BCUT2D eigenvalue weighted by Gasteiger charge is 2.19. The standard InChI is InChI=1S/C8H13NO4/c10-5-7(6-11)13-8(12)9-3-1-2-4-9/h1-2,7,10-11H,3-6H2. The molecule has 0 aromatic rings. The number of aliphatic hydroxyl groups is 2. The average Bonchev–Trinajstić information content (AvgIpc) is 2.66. The van der Waals surface area contributed by atoms with Gasteiger partial charge in [-0.3, -0.25) is 0 Å². The molecule has 1 heterocycles. The molecule has 1 aliphatic heterocycles. The molecule has 0 unspecified atom stereocenters. The van der Waals surface area contributed by atoms with Crippen LogP contribution in [0.25, 0.3) is 0 Å². The van der Waals surface area contributed by atoms with Crippen LogP contribution in [0.3, 0.4) is 0 Å². The van der Waals surface area contributed by atoms with Crippen molar-refractivity contribution >= 4 is 6.09 Å². The largest absolute Gasteiger partial charge is 0.441 e. The maximum Gasteiger partial charge on any atom is 0.410 e. The molecule has 0 fully saturated rings. The molecule has 0 radical (unpaired) electrons. The van der Waals surface area contributed by atoms with Crippen LogP contribution >= 0.6 is 0 Å². The number of hydrogen-bond donors (Lipinski definition) is 2. The minimum absolute atomic E-state index is 0.358. The predicted octanol–water partition coefficient (Wildman–Crippen LogP) is -0.652. The van der Waals surface area contributed by atoms with Crippen LogP contribution in [0.2, 0.25) is 0 Å². The van der Waals surface area contributed by atoms with Crippen LogP contribution in [-0.4, -0.2) is 53.6 Å². The zero-order valence-electron chi connectivity index (χ0n) is 7.22. The Balaban J connectivity index is 2.31. The fourth-order valence-corrected chi connectivity index (χ4v) is 0.977. The number of aliphatic hydroxyl groups excluding tert-OH is 2. The molecule has 0 saturated heterocycles. The molecule has 1 aliphatic rings. The van der Waals surface area contributed by atoms with Crippen molar-refractivity contribution in [2.45, 2.75) is 6.10 Å². The molecule has 74 valence electrons. The maximum atomic E-state index is 11.2. The minimum atomic E-state index is -0.812. The first-order valence-corrected chi connectivity index (χ1v) is 4.10. The quantitative estimate of drug-likeness (QED) is 0.576. The average molecular weight is 187 g/mol. The van der Waals surface area contributed by atoms with Gasteiger partial charge in [-0.1, -0.05) is 12.2 Å². The lowest BCUT2D eigenvalue weighted by Crippen LogP contribution is -2.35. The minimum Gasteiger partial charge on any atom is -0.441 e. The number of nitrogens with zero attached hydrogens (tertiary/aromatic N) is 1. The van der Waals surface area contributed by atoms with Gasteiger partial charge in [0.05, 0.1) is 13.2 Å². The molecular weight excluding hydrogens is 174 g/mol. The van der Waals surface area contributed by atoms with Gasteiger partial charge in [0.15, 0.2) is 0 Å². The first kappa shape index (κ1) is 10.0. The first-order valence-electron chi connectivity index (χ1n) is 4.10. The molecule has 5 heteroatoms. The molecule has 0 spiro atoms. The normalized spacial score (nSPS) is 15.5. The first-order chi connectivity index (χ1) is 6.27. The smallest absolute Gasteiger partial charge is 0.410 e. The van der Waals surface area contributed by atoms with Crippen LogP contribution in [-0.2, 0) is 4.74 Å². The van der Waals surface area contributed by atoms with Crippen LogP contribution < -0.4 is 0 Å². The van der Waals surface area contributed by atoms with Gasteiger partial charge in [-0.25, -0.2) is 4.79 Å². The van der Waals surface area contributed by atoms with E-state index in [9.17, 15) is 4.79 Å². The summed E-state index contributed by atoms with van der Waals surface area (Å²) in [7, 11) is 0. The molecule has 1 amide bonds. The Labute approximate surface area is 76.2 Å². The molecule has 0 atom stereocenters. The fraction of sp³-hybridized carbons (Fsp3) is 0.625. The Morgan fingerprint density at radius 2 is 1.92 bits per heavy atom. The maximum absolute atomic E-state index is 11.2. The van der Waals surface area contributed by atoms with Crippen molar-refractivity contribution in [2.24, 2.45) is 0 Å². The second kappa shape index (κ2) is 4.84. The number of amides is 1. The van der Waals surface area contributed by atoms with E-state index in [4.69, 9.17) is 14.9 Å². The van der Waals surface area contributed by atoms with Crippen LogP contribution in [0, 0.1) is 0 Å². The molecule has 0 aliphatic carbocycles. The van der Waals surface area contributed by atoms with E-state index in [0.717, 1.165) is 0 Å². The van der Waals surface area contributed by atoms with Crippen molar-refractivity contribution in [1.82, 2.24) is 4.90 Å². The Morgan fingerprint density at radius 3 is 2.38 bits per heavy atom. The van der Waals surface area contributed by atoms with Crippen LogP contribution in [0.15, 0.2) is 12.2 Å². The van der Waals surface area contributed by atoms with E-state index in [1.54, 1.807) is 0 Å². The molecule has 2 N–H and O–H groups in total. The van der Waals surface area contributed by atoms with E-state index in [-0.39, 0.29) is 13.2 Å². The van der Waals surface area contributed by atoms with E-state index in [2.05, 4.69) is 0 Å². The molecule has 13 heavy (non-hydrogen) atoms. The van der Waals surface area contributed by atoms with E-state index < -0.39 is 12.2 Å². The van der Waals surface area contributed by atoms with Crippen molar-refractivity contribution in [3.05, 3.63) is 12.2 Å². The number of hydrogen-bond acceptors (Lipinski definition) is 4. The third-order valence-electron chi connectivity index (χ3n) is 1.75. The van der Waals surface area contributed by atoms with Crippen LogP contribution in [0.1, 0.15) is 0 Å². The second-order valence-corrected chi connectivity index (χ2v) is 2.75. The fourth-order valence-electron chi connectivity index (χ4n) is 0.977. The summed E-state index contributed by atoms with van der Waals surface area (Å²) in [5.74, 6) is 0. The van der Waals surface area contributed by atoms with E-state index in [0.29, 0.717) is 13.1 Å². The SMILES string of the molecule is O=C(OC(CO)CO)N1CC=CC1. The Morgan fingerprint density at radius 1 is 1.38 bits per heavy atom. The van der Waals surface area contributed by atoms with Crippen molar-refractivity contribution in [2.75, 3.05) is 26.3 Å². The molecule has 0 bridgehead atoms. The van der Waals surface area contributed by atoms with E-state index >= 15 is 0 Å². The van der Waals surface area contributed by atoms with Gasteiger partial charge in [0.25, 0.3) is 0 Å². The van der Waals surface area contributed by atoms with Gasteiger partial charge < -0.3 is 19.8 Å². The molecular formula is C8H13NO4.